The highest BCUT2D eigenvalue weighted by Gasteiger charge is 2.15. The summed E-state index contributed by atoms with van der Waals surface area (Å²) in [6, 6.07) is 56.5. The predicted molar refractivity (Wildman–Crippen MR) is 195 cm³/mol. The highest BCUT2D eigenvalue weighted by atomic mass is 15.0. The topological polar surface area (TPSA) is 13.6 Å². The number of para-hydroxylation sites is 1. The van der Waals surface area contributed by atoms with Gasteiger partial charge in [0.1, 0.15) is 0 Å². The van der Waals surface area contributed by atoms with Crippen LogP contribution in [-0.2, 0) is 0 Å². The average molecular weight is 598 g/mol. The first-order valence-corrected chi connectivity index (χ1v) is 15.5. The zero-order valence-corrected chi connectivity index (χ0v) is 25.4. The van der Waals surface area contributed by atoms with Crippen molar-refractivity contribution in [1.29, 1.82) is 0 Å². The molecule has 0 atom stereocenters. The SMILES string of the molecule is [C-]#[N+]c1cc(-c2cccc(-c3cc(-c4ccccc4)cc(-c4ccccc4)c3)c2)cc(-n2c3ccccc3c3cc([N+]#[C-])ccc32)c1. The molecule has 0 aliphatic heterocycles. The molecule has 0 amide bonds. The molecule has 3 nitrogen and oxygen atoms in total. The summed E-state index contributed by atoms with van der Waals surface area (Å²) in [5, 5.41) is 2.11. The summed E-state index contributed by atoms with van der Waals surface area (Å²) < 4.78 is 2.20. The van der Waals surface area contributed by atoms with Crippen molar-refractivity contribution >= 4 is 33.2 Å². The first-order chi connectivity index (χ1) is 23.2. The van der Waals surface area contributed by atoms with Crippen LogP contribution in [0.15, 0.2) is 164 Å². The zero-order chi connectivity index (χ0) is 31.7. The van der Waals surface area contributed by atoms with E-state index in [2.05, 4.69) is 123 Å². The number of fused-ring (bicyclic) bond motifs is 3. The van der Waals surface area contributed by atoms with E-state index >= 15 is 0 Å². The Hall–Kier alpha value is -6.68. The fourth-order valence-electron chi connectivity index (χ4n) is 6.53. The molecular weight excluding hydrogens is 571 g/mol. The van der Waals surface area contributed by atoms with Gasteiger partial charge in [-0.3, -0.25) is 0 Å². The molecule has 0 bridgehead atoms. The van der Waals surface area contributed by atoms with Crippen molar-refractivity contribution in [3.63, 3.8) is 0 Å². The quantitative estimate of drug-likeness (QED) is 0.175. The Morgan fingerprint density at radius 1 is 0.340 bits per heavy atom. The maximum atomic E-state index is 7.97. The third-order valence-corrected chi connectivity index (χ3v) is 8.75. The molecule has 0 spiro atoms. The van der Waals surface area contributed by atoms with E-state index < -0.39 is 0 Å². The molecule has 0 aliphatic carbocycles. The first kappa shape index (κ1) is 27.8. The molecule has 1 heterocycles. The Bertz CT molecular complexity index is 2470. The molecule has 0 unspecified atom stereocenters. The van der Waals surface area contributed by atoms with Gasteiger partial charge in [0.25, 0.3) is 0 Å². The number of benzene rings is 7. The fourth-order valence-corrected chi connectivity index (χ4v) is 6.53. The molecule has 0 saturated carbocycles. The Balaban J connectivity index is 1.29. The van der Waals surface area contributed by atoms with Gasteiger partial charge in [0.05, 0.1) is 24.2 Å². The van der Waals surface area contributed by atoms with Crippen LogP contribution in [-0.4, -0.2) is 4.57 Å². The average Bonchev–Trinajstić information content (AvgIpc) is 3.49. The lowest BCUT2D eigenvalue weighted by Crippen LogP contribution is -1.94. The van der Waals surface area contributed by atoms with Crippen molar-refractivity contribution in [3.8, 4) is 50.2 Å². The smallest absolute Gasteiger partial charge is 0.189 e. The lowest BCUT2D eigenvalue weighted by molar-refractivity contribution is 1.18. The molecule has 218 valence electrons. The van der Waals surface area contributed by atoms with Gasteiger partial charge < -0.3 is 4.57 Å². The van der Waals surface area contributed by atoms with E-state index in [9.17, 15) is 0 Å². The Morgan fingerprint density at radius 2 is 0.851 bits per heavy atom. The zero-order valence-electron chi connectivity index (χ0n) is 25.4. The summed E-state index contributed by atoms with van der Waals surface area (Å²) in [7, 11) is 0. The molecule has 1 aromatic heterocycles. The maximum Gasteiger partial charge on any atom is 0.189 e. The van der Waals surface area contributed by atoms with Gasteiger partial charge in [0.2, 0.25) is 0 Å². The second-order valence-electron chi connectivity index (χ2n) is 11.6. The minimum atomic E-state index is 0.573. The summed E-state index contributed by atoms with van der Waals surface area (Å²) in [4.78, 5) is 7.55. The third kappa shape index (κ3) is 5.13. The van der Waals surface area contributed by atoms with Crippen LogP contribution >= 0.6 is 0 Å². The summed E-state index contributed by atoms with van der Waals surface area (Å²) in [5.41, 5.74) is 13.1. The van der Waals surface area contributed by atoms with E-state index in [0.717, 1.165) is 60.9 Å². The molecular formula is C44H27N3. The van der Waals surface area contributed by atoms with Gasteiger partial charge >= 0.3 is 0 Å². The van der Waals surface area contributed by atoms with E-state index in [1.807, 2.05) is 54.6 Å². The van der Waals surface area contributed by atoms with E-state index in [4.69, 9.17) is 13.1 Å². The molecule has 3 heteroatoms. The number of hydrogen-bond acceptors (Lipinski definition) is 0. The molecule has 0 N–H and O–H groups in total. The molecule has 8 aromatic rings. The highest BCUT2D eigenvalue weighted by Crippen LogP contribution is 2.38. The minimum Gasteiger partial charge on any atom is -0.311 e. The lowest BCUT2D eigenvalue weighted by atomic mass is 9.92. The van der Waals surface area contributed by atoms with Gasteiger partial charge in [-0.05, 0) is 111 Å². The van der Waals surface area contributed by atoms with Crippen LogP contribution in [0.3, 0.4) is 0 Å². The van der Waals surface area contributed by atoms with E-state index in [-0.39, 0.29) is 0 Å². The Kier molecular flexibility index (Phi) is 6.92. The summed E-state index contributed by atoms with van der Waals surface area (Å²) >= 11 is 0. The van der Waals surface area contributed by atoms with Crippen LogP contribution in [0.25, 0.3) is 81.7 Å². The van der Waals surface area contributed by atoms with Gasteiger partial charge in [-0.15, -0.1) is 0 Å². The second-order valence-corrected chi connectivity index (χ2v) is 11.6. The van der Waals surface area contributed by atoms with E-state index in [1.54, 1.807) is 0 Å². The van der Waals surface area contributed by atoms with Crippen molar-refractivity contribution in [2.75, 3.05) is 0 Å². The van der Waals surface area contributed by atoms with Crippen LogP contribution in [0.2, 0.25) is 0 Å². The molecule has 47 heavy (non-hydrogen) atoms. The van der Waals surface area contributed by atoms with E-state index in [1.165, 1.54) is 11.1 Å². The molecule has 0 saturated heterocycles. The standard InChI is InChI=1S/C44H27N3/c1-45-38-20-21-44-42(29-38)41-18-9-10-19-43(41)47(44)40-27-37(26-39(28-40)46-2)33-17-11-16-32(22-33)36-24-34(30-12-5-3-6-13-30)23-35(25-36)31-14-7-4-8-15-31/h3-29H. The molecule has 0 aliphatic rings. The van der Waals surface area contributed by atoms with Gasteiger partial charge in [0.15, 0.2) is 11.4 Å². The van der Waals surface area contributed by atoms with Crippen LogP contribution in [0.5, 0.6) is 0 Å². The largest absolute Gasteiger partial charge is 0.311 e. The molecule has 7 aromatic carbocycles. The summed E-state index contributed by atoms with van der Waals surface area (Å²) in [5.74, 6) is 0. The predicted octanol–water partition coefficient (Wildman–Crippen LogP) is 12.6. The van der Waals surface area contributed by atoms with Gasteiger partial charge in [-0.2, -0.15) is 0 Å². The van der Waals surface area contributed by atoms with Crippen molar-refractivity contribution in [2.45, 2.75) is 0 Å². The molecule has 0 radical (unpaired) electrons. The Morgan fingerprint density at radius 3 is 1.49 bits per heavy atom. The third-order valence-electron chi connectivity index (χ3n) is 8.75. The lowest BCUT2D eigenvalue weighted by Gasteiger charge is -2.14. The van der Waals surface area contributed by atoms with Gasteiger partial charge in [-0.25, -0.2) is 9.69 Å². The molecule has 8 rings (SSSR count). The van der Waals surface area contributed by atoms with Crippen molar-refractivity contribution < 1.29 is 0 Å². The van der Waals surface area contributed by atoms with E-state index in [0.29, 0.717) is 11.4 Å². The Labute approximate surface area is 273 Å². The fraction of sp³-hybridized carbons (Fsp3) is 0. The number of nitrogens with zero attached hydrogens (tertiary/aromatic N) is 3. The van der Waals surface area contributed by atoms with Crippen molar-refractivity contribution in [1.82, 2.24) is 4.57 Å². The molecule has 0 fully saturated rings. The minimum absolute atomic E-state index is 0.573. The highest BCUT2D eigenvalue weighted by molar-refractivity contribution is 6.10. The van der Waals surface area contributed by atoms with Crippen LogP contribution in [0.1, 0.15) is 0 Å². The van der Waals surface area contributed by atoms with Crippen molar-refractivity contribution in [3.05, 3.63) is 187 Å². The monoisotopic (exact) mass is 597 g/mol. The van der Waals surface area contributed by atoms with Crippen LogP contribution in [0.4, 0.5) is 11.4 Å². The van der Waals surface area contributed by atoms with Crippen LogP contribution < -0.4 is 0 Å². The first-order valence-electron chi connectivity index (χ1n) is 15.5. The number of hydrogen-bond donors (Lipinski definition) is 0. The summed E-state index contributed by atoms with van der Waals surface area (Å²) in [6.07, 6.45) is 0. The summed E-state index contributed by atoms with van der Waals surface area (Å²) in [6.45, 7) is 15.5. The number of aromatic nitrogens is 1. The second kappa shape index (κ2) is 11.7. The van der Waals surface area contributed by atoms with Gasteiger partial charge in [-0.1, -0.05) is 103 Å². The van der Waals surface area contributed by atoms with Crippen molar-refractivity contribution in [2.24, 2.45) is 0 Å². The maximum absolute atomic E-state index is 7.97. The number of rotatable bonds is 5. The normalized spacial score (nSPS) is 10.9. The van der Waals surface area contributed by atoms with Gasteiger partial charge in [0, 0.05) is 11.1 Å². The van der Waals surface area contributed by atoms with Crippen LogP contribution in [0, 0.1) is 13.1 Å².